The average Bonchev–Trinajstić information content (AvgIpc) is 2.38. The van der Waals surface area contributed by atoms with Gasteiger partial charge in [0.2, 0.25) is 0 Å². The molecule has 1 rings (SSSR count). The van der Waals surface area contributed by atoms with Gasteiger partial charge in [-0.15, -0.1) is 0 Å². The van der Waals surface area contributed by atoms with Crippen LogP contribution < -0.4 is 5.32 Å². The van der Waals surface area contributed by atoms with Gasteiger partial charge in [0, 0.05) is 39.4 Å². The van der Waals surface area contributed by atoms with E-state index >= 15 is 0 Å². The standard InChI is InChI=1S/C14H29N3O/c1-4-15-14(16-9-6-12-18-5-2)17-10-7-13(3)8-11-17/h13H,4-12H2,1-3H3,(H,15,16). The first kappa shape index (κ1) is 15.3. The van der Waals surface area contributed by atoms with Crippen LogP contribution in [0.5, 0.6) is 0 Å². The Bertz CT molecular complexity index is 235. The molecule has 4 nitrogen and oxygen atoms in total. The van der Waals surface area contributed by atoms with Gasteiger partial charge in [0.05, 0.1) is 0 Å². The molecular formula is C14H29N3O. The van der Waals surface area contributed by atoms with Gasteiger partial charge in [-0.1, -0.05) is 6.92 Å². The lowest BCUT2D eigenvalue weighted by atomic mass is 10.00. The Kier molecular flexibility index (Phi) is 7.81. The number of piperidine rings is 1. The van der Waals surface area contributed by atoms with E-state index in [4.69, 9.17) is 4.74 Å². The molecule has 1 saturated heterocycles. The first-order chi connectivity index (χ1) is 8.77. The maximum absolute atomic E-state index is 5.33. The van der Waals surface area contributed by atoms with Crippen LogP contribution in [0.1, 0.15) is 40.0 Å². The maximum atomic E-state index is 5.33. The first-order valence-corrected chi connectivity index (χ1v) is 7.38. The van der Waals surface area contributed by atoms with Crippen LogP contribution in [0.2, 0.25) is 0 Å². The van der Waals surface area contributed by atoms with E-state index in [0.717, 1.165) is 57.7 Å². The third-order valence-electron chi connectivity index (χ3n) is 3.33. The van der Waals surface area contributed by atoms with Gasteiger partial charge in [-0.05, 0) is 39.0 Å². The minimum atomic E-state index is 0.799. The summed E-state index contributed by atoms with van der Waals surface area (Å²) in [6, 6.07) is 0. The topological polar surface area (TPSA) is 36.9 Å². The van der Waals surface area contributed by atoms with E-state index in [1.165, 1.54) is 12.8 Å². The molecule has 0 aromatic rings. The predicted octanol–water partition coefficient (Wildman–Crippen LogP) is 2.11. The molecule has 0 atom stereocenters. The molecule has 1 N–H and O–H groups in total. The third-order valence-corrected chi connectivity index (χ3v) is 3.33. The van der Waals surface area contributed by atoms with E-state index in [-0.39, 0.29) is 0 Å². The number of hydrogen-bond donors (Lipinski definition) is 1. The molecule has 1 heterocycles. The van der Waals surface area contributed by atoms with Gasteiger partial charge in [-0.3, -0.25) is 4.99 Å². The summed E-state index contributed by atoms with van der Waals surface area (Å²) in [4.78, 5) is 7.08. The molecule has 1 aliphatic heterocycles. The fourth-order valence-electron chi connectivity index (χ4n) is 2.14. The van der Waals surface area contributed by atoms with Crippen LogP contribution in [0.3, 0.4) is 0 Å². The minimum absolute atomic E-state index is 0.799. The SMILES string of the molecule is CCNC(=NCCCOCC)N1CCC(C)CC1. The van der Waals surface area contributed by atoms with Crippen molar-refractivity contribution in [3.63, 3.8) is 0 Å². The van der Waals surface area contributed by atoms with E-state index in [1.807, 2.05) is 6.92 Å². The van der Waals surface area contributed by atoms with Gasteiger partial charge in [0.25, 0.3) is 0 Å². The predicted molar refractivity (Wildman–Crippen MR) is 77.1 cm³/mol. The molecule has 0 radical (unpaired) electrons. The summed E-state index contributed by atoms with van der Waals surface area (Å²) in [6.07, 6.45) is 3.57. The summed E-state index contributed by atoms with van der Waals surface area (Å²) in [5.41, 5.74) is 0. The number of nitrogens with one attached hydrogen (secondary N) is 1. The van der Waals surface area contributed by atoms with Crippen LogP contribution in [0.4, 0.5) is 0 Å². The summed E-state index contributed by atoms with van der Waals surface area (Å²) in [6.45, 7) is 12.2. The molecule has 0 aliphatic carbocycles. The largest absolute Gasteiger partial charge is 0.382 e. The van der Waals surface area contributed by atoms with E-state index in [1.54, 1.807) is 0 Å². The Morgan fingerprint density at radius 1 is 1.33 bits per heavy atom. The molecule has 106 valence electrons. The van der Waals surface area contributed by atoms with Crippen molar-refractivity contribution < 1.29 is 4.74 Å². The highest BCUT2D eigenvalue weighted by Gasteiger charge is 2.18. The fourth-order valence-corrected chi connectivity index (χ4v) is 2.14. The smallest absolute Gasteiger partial charge is 0.193 e. The minimum Gasteiger partial charge on any atom is -0.382 e. The Hall–Kier alpha value is -0.770. The van der Waals surface area contributed by atoms with E-state index in [0.29, 0.717) is 0 Å². The molecule has 0 aromatic carbocycles. The average molecular weight is 255 g/mol. The van der Waals surface area contributed by atoms with Crippen LogP contribution in [0, 0.1) is 5.92 Å². The summed E-state index contributed by atoms with van der Waals surface area (Å²) < 4.78 is 5.33. The van der Waals surface area contributed by atoms with E-state index < -0.39 is 0 Å². The Balaban J connectivity index is 2.35. The second-order valence-corrected chi connectivity index (χ2v) is 4.96. The first-order valence-electron chi connectivity index (χ1n) is 7.38. The van der Waals surface area contributed by atoms with Crippen molar-refractivity contribution in [2.45, 2.75) is 40.0 Å². The molecule has 1 aliphatic rings. The molecule has 0 unspecified atom stereocenters. The second-order valence-electron chi connectivity index (χ2n) is 4.96. The van der Waals surface area contributed by atoms with Crippen molar-refractivity contribution in [3.8, 4) is 0 Å². The molecule has 0 aromatic heterocycles. The van der Waals surface area contributed by atoms with Gasteiger partial charge < -0.3 is 15.0 Å². The number of rotatable bonds is 6. The fraction of sp³-hybridized carbons (Fsp3) is 0.929. The molecular weight excluding hydrogens is 226 g/mol. The normalized spacial score (nSPS) is 18.2. The van der Waals surface area contributed by atoms with Gasteiger partial charge in [-0.25, -0.2) is 0 Å². The summed E-state index contributed by atoms with van der Waals surface area (Å²) in [5, 5.41) is 3.39. The number of aliphatic imine (C=N–C) groups is 1. The number of hydrogen-bond acceptors (Lipinski definition) is 2. The van der Waals surface area contributed by atoms with Gasteiger partial charge in [0.1, 0.15) is 0 Å². The highest BCUT2D eigenvalue weighted by molar-refractivity contribution is 5.80. The monoisotopic (exact) mass is 255 g/mol. The van der Waals surface area contributed by atoms with E-state index in [9.17, 15) is 0 Å². The quantitative estimate of drug-likeness (QED) is 0.449. The molecule has 1 fully saturated rings. The van der Waals surface area contributed by atoms with Gasteiger partial charge in [0.15, 0.2) is 5.96 Å². The molecule has 0 amide bonds. The maximum Gasteiger partial charge on any atom is 0.193 e. The van der Waals surface area contributed by atoms with Crippen LogP contribution >= 0.6 is 0 Å². The molecule has 0 bridgehead atoms. The molecule has 0 saturated carbocycles. The van der Waals surface area contributed by atoms with Gasteiger partial charge >= 0.3 is 0 Å². The molecule has 0 spiro atoms. The van der Waals surface area contributed by atoms with Crippen molar-refractivity contribution in [3.05, 3.63) is 0 Å². The van der Waals surface area contributed by atoms with Crippen molar-refractivity contribution in [2.75, 3.05) is 39.4 Å². The zero-order valence-electron chi connectivity index (χ0n) is 12.2. The summed E-state index contributed by atoms with van der Waals surface area (Å²) in [7, 11) is 0. The Morgan fingerprint density at radius 3 is 2.67 bits per heavy atom. The number of likely N-dealkylation sites (tertiary alicyclic amines) is 1. The lowest BCUT2D eigenvalue weighted by molar-refractivity contribution is 0.146. The zero-order chi connectivity index (χ0) is 13.2. The number of guanidine groups is 1. The van der Waals surface area contributed by atoms with E-state index in [2.05, 4.69) is 29.1 Å². The second kappa shape index (κ2) is 9.20. The Morgan fingerprint density at radius 2 is 2.06 bits per heavy atom. The highest BCUT2D eigenvalue weighted by Crippen LogP contribution is 2.15. The molecule has 4 heteroatoms. The molecule has 18 heavy (non-hydrogen) atoms. The van der Waals surface area contributed by atoms with Crippen molar-refractivity contribution >= 4 is 5.96 Å². The van der Waals surface area contributed by atoms with Crippen LogP contribution in [0.15, 0.2) is 4.99 Å². The Labute approximate surface area is 112 Å². The van der Waals surface area contributed by atoms with Crippen LogP contribution in [-0.4, -0.2) is 50.3 Å². The van der Waals surface area contributed by atoms with Crippen LogP contribution in [0.25, 0.3) is 0 Å². The van der Waals surface area contributed by atoms with Gasteiger partial charge in [-0.2, -0.15) is 0 Å². The van der Waals surface area contributed by atoms with Crippen molar-refractivity contribution in [1.82, 2.24) is 10.2 Å². The lowest BCUT2D eigenvalue weighted by Gasteiger charge is -2.33. The van der Waals surface area contributed by atoms with Crippen LogP contribution in [-0.2, 0) is 4.74 Å². The summed E-state index contributed by atoms with van der Waals surface area (Å²) >= 11 is 0. The van der Waals surface area contributed by atoms with Crippen molar-refractivity contribution in [1.29, 1.82) is 0 Å². The highest BCUT2D eigenvalue weighted by atomic mass is 16.5. The summed E-state index contributed by atoms with van der Waals surface area (Å²) in [5.74, 6) is 1.95. The zero-order valence-corrected chi connectivity index (χ0v) is 12.2. The number of ether oxygens (including phenoxy) is 1. The third kappa shape index (κ3) is 5.71. The van der Waals surface area contributed by atoms with Crippen molar-refractivity contribution in [2.24, 2.45) is 10.9 Å². The number of nitrogens with zero attached hydrogens (tertiary/aromatic N) is 2. The lowest BCUT2D eigenvalue weighted by Crippen LogP contribution is -2.45.